The van der Waals surface area contributed by atoms with Gasteiger partial charge in [-0.15, -0.1) is 11.3 Å². The second-order valence-corrected chi connectivity index (χ2v) is 18.2. The summed E-state index contributed by atoms with van der Waals surface area (Å²) in [6, 6.07) is 5.82. The van der Waals surface area contributed by atoms with Gasteiger partial charge in [-0.1, -0.05) is 31.1 Å². The molecule has 2 aromatic heterocycles. The van der Waals surface area contributed by atoms with Crippen LogP contribution in [-0.4, -0.2) is 82.9 Å². The molecule has 6 rings (SSSR count). The molecule has 2 saturated carbocycles. The van der Waals surface area contributed by atoms with Crippen LogP contribution in [0.2, 0.25) is 0 Å². The molecule has 3 fully saturated rings. The first-order valence-electron chi connectivity index (χ1n) is 18.5. The minimum absolute atomic E-state index is 0.00830. The number of ether oxygens (including phenoxy) is 1. The van der Waals surface area contributed by atoms with Crippen LogP contribution >= 0.6 is 11.3 Å². The van der Waals surface area contributed by atoms with Crippen molar-refractivity contribution in [1.82, 2.24) is 30.2 Å². The monoisotopic (exact) mass is 782 g/mol. The van der Waals surface area contributed by atoms with E-state index in [0.717, 1.165) is 24.1 Å². The number of para-hydroxylation sites is 1. The number of allylic oxidation sites excluding steroid dienone is 2. The number of sulfonamides is 1. The van der Waals surface area contributed by atoms with Crippen molar-refractivity contribution < 1.29 is 36.7 Å². The Labute approximate surface area is 318 Å². The summed E-state index contributed by atoms with van der Waals surface area (Å²) in [4.78, 5) is 65.7. The molecule has 0 spiro atoms. The van der Waals surface area contributed by atoms with Gasteiger partial charge in [0.25, 0.3) is 11.8 Å². The highest BCUT2D eigenvalue weighted by atomic mass is 32.2. The topological polar surface area (TPSA) is 177 Å². The molecule has 4 amide bonds. The minimum atomic E-state index is -3.92. The Morgan fingerprint density at radius 2 is 1.87 bits per heavy atom. The van der Waals surface area contributed by atoms with Crippen molar-refractivity contribution in [3.8, 4) is 5.88 Å². The van der Waals surface area contributed by atoms with Crippen molar-refractivity contribution in [3.63, 3.8) is 0 Å². The summed E-state index contributed by atoms with van der Waals surface area (Å²) in [6.07, 6.45) is 10.6. The highest BCUT2D eigenvalue weighted by molar-refractivity contribution is 7.91. The summed E-state index contributed by atoms with van der Waals surface area (Å²) in [5.74, 6) is -2.36. The van der Waals surface area contributed by atoms with Crippen LogP contribution in [0.4, 0.5) is 4.39 Å². The number of rotatable bonds is 17. The molecule has 0 unspecified atom stereocenters. The molecule has 3 aliphatic rings. The maximum Gasteiger partial charge on any atom is 0.262 e. The van der Waals surface area contributed by atoms with Crippen molar-refractivity contribution in [1.29, 1.82) is 0 Å². The summed E-state index contributed by atoms with van der Waals surface area (Å²) in [7, 11) is -3.92. The number of amides is 4. The van der Waals surface area contributed by atoms with E-state index in [0.29, 0.717) is 47.7 Å². The summed E-state index contributed by atoms with van der Waals surface area (Å²) in [5.41, 5.74) is 0.730. The van der Waals surface area contributed by atoms with Crippen molar-refractivity contribution >= 4 is 56.0 Å². The maximum absolute atomic E-state index is 14.6. The molecule has 0 bridgehead atoms. The lowest BCUT2D eigenvalue weighted by Crippen LogP contribution is -2.54. The quantitative estimate of drug-likeness (QED) is 0.130. The van der Waals surface area contributed by atoms with Crippen molar-refractivity contribution in [2.45, 2.75) is 108 Å². The van der Waals surface area contributed by atoms with Gasteiger partial charge < -0.3 is 20.3 Å². The number of nitrogens with one attached hydrogen (secondary N) is 3. The third kappa shape index (κ3) is 9.61. The van der Waals surface area contributed by atoms with Gasteiger partial charge >= 0.3 is 0 Å². The van der Waals surface area contributed by atoms with Crippen molar-refractivity contribution in [3.05, 3.63) is 63.7 Å². The highest BCUT2D eigenvalue weighted by Gasteiger charge is 2.51. The zero-order valence-electron chi connectivity index (χ0n) is 30.7. The van der Waals surface area contributed by atoms with Crippen LogP contribution < -0.4 is 20.1 Å². The number of aromatic nitrogens is 2. The fourth-order valence-corrected chi connectivity index (χ4v) is 8.44. The first-order valence-corrected chi connectivity index (χ1v) is 20.8. The predicted molar refractivity (Wildman–Crippen MR) is 202 cm³/mol. The first kappa shape index (κ1) is 39.3. The number of carbonyl (C=O) groups excluding carboxylic acids is 4. The Morgan fingerprint density at radius 3 is 2.57 bits per heavy atom. The third-order valence-corrected chi connectivity index (χ3v) is 13.3. The van der Waals surface area contributed by atoms with Gasteiger partial charge in [-0.25, -0.2) is 22.8 Å². The van der Waals surface area contributed by atoms with Crippen LogP contribution in [0.15, 0.2) is 42.5 Å². The third-order valence-electron chi connectivity index (χ3n) is 10.1. The summed E-state index contributed by atoms with van der Waals surface area (Å²) in [5, 5.41) is 5.39. The Balaban J connectivity index is 1.19. The second-order valence-electron chi connectivity index (χ2n) is 14.7. The molecule has 3 atom stereocenters. The molecule has 13 nitrogen and oxygen atoms in total. The lowest BCUT2D eigenvalue weighted by atomic mass is 10.0. The number of likely N-dealkylation sites (tertiary alicyclic amines) is 1. The molecule has 3 heterocycles. The molecule has 290 valence electrons. The number of hydrogen-bond donors (Lipinski definition) is 3. The maximum atomic E-state index is 14.6. The number of carbonyl (C=O) groups is 4. The van der Waals surface area contributed by atoms with E-state index in [-0.39, 0.29) is 24.4 Å². The molecule has 3 N–H and O–H groups in total. The molecular weight excluding hydrogens is 736 g/mol. The standard InChI is InChI=1S/C38H47FN6O7S2/c1-23-14-17-31(53-23)35(48)42-29(12-8-6-4-5-7-10-25-15-16-25)37(49)45-22-26(52-36-24(2)41-28-13-9-11-27(39)33(28)43-36)20-30(45)34(47)40-21-32(46)44-54(50,51)38(3)18-19-38/h7,9-11,13-14,17,25-26,29-30H,4-6,8,12,15-16,18-22H2,1-3H3,(H,40,47)(H,42,48)(H,44,46)/b10-7-/t26-,29+,30+/m1/s1. The molecule has 16 heteroatoms. The molecule has 1 aromatic carbocycles. The average Bonchev–Trinajstić information content (AvgIpc) is 4.02. The van der Waals surface area contributed by atoms with Gasteiger partial charge in [0, 0.05) is 11.3 Å². The van der Waals surface area contributed by atoms with Gasteiger partial charge in [0.05, 0.1) is 28.2 Å². The first-order chi connectivity index (χ1) is 25.7. The molecule has 2 aliphatic carbocycles. The minimum Gasteiger partial charge on any atom is -0.471 e. The molecule has 3 aromatic rings. The molecule has 1 saturated heterocycles. The Bertz CT molecular complexity index is 2050. The van der Waals surface area contributed by atoms with E-state index in [2.05, 4.69) is 32.8 Å². The second kappa shape index (κ2) is 16.5. The van der Waals surface area contributed by atoms with Crippen molar-refractivity contribution in [2.75, 3.05) is 13.1 Å². The number of aryl methyl sites for hydroxylation is 2. The van der Waals surface area contributed by atoms with Gasteiger partial charge in [-0.2, -0.15) is 0 Å². The molecule has 0 radical (unpaired) electrons. The van der Waals surface area contributed by atoms with E-state index in [1.807, 2.05) is 17.7 Å². The molecule has 54 heavy (non-hydrogen) atoms. The lowest BCUT2D eigenvalue weighted by Gasteiger charge is -2.28. The van der Waals surface area contributed by atoms with Crippen LogP contribution in [0, 0.1) is 25.6 Å². The fourth-order valence-electron chi connectivity index (χ4n) is 6.41. The lowest BCUT2D eigenvalue weighted by molar-refractivity contribution is -0.140. The van der Waals surface area contributed by atoms with Crippen LogP contribution in [-0.2, 0) is 24.4 Å². The predicted octanol–water partition coefficient (Wildman–Crippen LogP) is 4.63. The number of thiophene rings is 1. The Morgan fingerprint density at radius 1 is 1.09 bits per heavy atom. The Kier molecular flexibility index (Phi) is 12.0. The van der Waals surface area contributed by atoms with Gasteiger partial charge in [-0.3, -0.25) is 23.9 Å². The zero-order valence-corrected chi connectivity index (χ0v) is 32.4. The van der Waals surface area contributed by atoms with Gasteiger partial charge in [0.15, 0.2) is 5.82 Å². The molecular formula is C38H47FN6O7S2. The molecule has 1 aliphatic heterocycles. The van der Waals surface area contributed by atoms with E-state index < -0.39 is 68.9 Å². The van der Waals surface area contributed by atoms with E-state index in [1.54, 1.807) is 26.0 Å². The Hall–Kier alpha value is -4.44. The summed E-state index contributed by atoms with van der Waals surface area (Å²) in [6.45, 7) is 4.36. The van der Waals surface area contributed by atoms with Crippen LogP contribution in [0.3, 0.4) is 0 Å². The van der Waals surface area contributed by atoms with Crippen molar-refractivity contribution in [2.24, 2.45) is 5.92 Å². The summed E-state index contributed by atoms with van der Waals surface area (Å²) >= 11 is 1.31. The van der Waals surface area contributed by atoms with E-state index in [9.17, 15) is 32.0 Å². The normalized spacial score (nSPS) is 19.8. The van der Waals surface area contributed by atoms with Gasteiger partial charge in [0.2, 0.25) is 27.7 Å². The number of unbranched alkanes of at least 4 members (excludes halogenated alkanes) is 3. The number of nitrogens with zero attached hydrogens (tertiary/aromatic N) is 3. The summed E-state index contributed by atoms with van der Waals surface area (Å²) < 4.78 is 47.0. The van der Waals surface area contributed by atoms with E-state index in [1.165, 1.54) is 41.2 Å². The van der Waals surface area contributed by atoms with E-state index >= 15 is 0 Å². The number of halogens is 1. The largest absolute Gasteiger partial charge is 0.471 e. The number of hydrogen-bond acceptors (Lipinski definition) is 10. The van der Waals surface area contributed by atoms with E-state index in [4.69, 9.17) is 4.74 Å². The fraction of sp³-hybridized carbons (Fsp3) is 0.526. The smallest absolute Gasteiger partial charge is 0.262 e. The highest BCUT2D eigenvalue weighted by Crippen LogP contribution is 2.42. The van der Waals surface area contributed by atoms with Crippen LogP contribution in [0.5, 0.6) is 5.88 Å². The van der Waals surface area contributed by atoms with Gasteiger partial charge in [0.1, 0.15) is 29.4 Å². The zero-order chi connectivity index (χ0) is 38.6. The van der Waals surface area contributed by atoms with Crippen LogP contribution in [0.1, 0.15) is 91.4 Å². The van der Waals surface area contributed by atoms with Crippen LogP contribution in [0.25, 0.3) is 11.0 Å². The SMILES string of the molecule is Cc1ccc(C(=O)N[C@@H](CCCCC/C=C\C2CC2)C(=O)N2C[C@H](Oc3nc4c(F)cccc4nc3C)C[C@H]2C(=O)NCC(=O)NS(=O)(=O)C2(C)CC2)s1. The number of fused-ring (bicyclic) bond motifs is 1. The number of benzene rings is 1. The van der Waals surface area contributed by atoms with Gasteiger partial charge in [-0.05, 0) is 95.9 Å². The average molecular weight is 783 g/mol.